The highest BCUT2D eigenvalue weighted by Gasteiger charge is 2.24. The van der Waals surface area contributed by atoms with Crippen molar-refractivity contribution in [3.05, 3.63) is 158 Å². The van der Waals surface area contributed by atoms with Crippen LogP contribution in [0.15, 0.2) is 208 Å². The van der Waals surface area contributed by atoms with Crippen LogP contribution < -0.4 is 0 Å². The number of hydrogen-bond donors (Lipinski definition) is 4. The van der Waals surface area contributed by atoms with Crippen molar-refractivity contribution >= 4 is 109 Å². The van der Waals surface area contributed by atoms with Gasteiger partial charge >= 0.3 is 0 Å². The average Bonchev–Trinajstić information content (AvgIpc) is 3.29. The van der Waals surface area contributed by atoms with E-state index in [0.717, 1.165) is 6.07 Å². The zero-order chi connectivity index (χ0) is 44.6. The zero-order valence-electron chi connectivity index (χ0n) is 32.8. The Morgan fingerprint density at radius 2 is 0.703 bits per heavy atom. The number of fused-ring (bicyclic) bond motifs is 4. The topological polar surface area (TPSA) is 248 Å². The molecule has 0 spiro atoms. The van der Waals surface area contributed by atoms with Gasteiger partial charge in [0.05, 0.1) is 34.1 Å². The third-order valence-corrected chi connectivity index (χ3v) is 11.9. The third-order valence-electron chi connectivity index (χ3n) is 10.1. The SMILES string of the molecule is O=S(=O)(O)c1cc2ccccc2c(O)c1N=Nc1ccc(N=Nc2ccc3c(O)c(N=Nc4ccc(N=Nc5ccccc5)c5ccccc45)c(S(=O)(=O)O)cc3c2)c2ccccc12. The van der Waals surface area contributed by atoms with Crippen molar-refractivity contribution in [2.24, 2.45) is 40.9 Å². The summed E-state index contributed by atoms with van der Waals surface area (Å²) in [5.74, 6) is -1.03. The predicted molar refractivity (Wildman–Crippen MR) is 242 cm³/mol. The first kappa shape index (κ1) is 41.2. The smallest absolute Gasteiger partial charge is 0.296 e. The molecule has 0 bridgehead atoms. The molecule has 64 heavy (non-hydrogen) atoms. The van der Waals surface area contributed by atoms with E-state index in [9.17, 15) is 36.2 Å². The first-order valence-electron chi connectivity index (χ1n) is 19.1. The molecule has 314 valence electrons. The van der Waals surface area contributed by atoms with E-state index in [1.165, 1.54) is 18.2 Å². The molecule has 0 heterocycles. The number of benzene rings is 9. The summed E-state index contributed by atoms with van der Waals surface area (Å²) in [6, 6.07) is 43.3. The highest BCUT2D eigenvalue weighted by atomic mass is 32.2. The number of phenols is 2. The largest absolute Gasteiger partial charge is 0.505 e. The fourth-order valence-electron chi connectivity index (χ4n) is 7.09. The molecule has 0 saturated carbocycles. The molecule has 9 aromatic carbocycles. The van der Waals surface area contributed by atoms with E-state index < -0.39 is 52.9 Å². The van der Waals surface area contributed by atoms with Crippen LogP contribution >= 0.6 is 0 Å². The fourth-order valence-corrected chi connectivity index (χ4v) is 8.40. The fraction of sp³-hybridized carbons (Fsp3) is 0. The Morgan fingerprint density at radius 1 is 0.328 bits per heavy atom. The normalized spacial score (nSPS) is 12.7. The van der Waals surface area contributed by atoms with Crippen LogP contribution in [0.4, 0.5) is 45.5 Å². The first-order chi connectivity index (χ1) is 30.8. The van der Waals surface area contributed by atoms with Crippen molar-refractivity contribution in [2.45, 2.75) is 9.79 Å². The van der Waals surface area contributed by atoms with Gasteiger partial charge in [0, 0.05) is 32.3 Å². The van der Waals surface area contributed by atoms with Crippen LogP contribution in [0, 0.1) is 0 Å². The van der Waals surface area contributed by atoms with Crippen molar-refractivity contribution < 1.29 is 36.2 Å². The minimum atomic E-state index is -4.94. The Balaban J connectivity index is 1.03. The highest BCUT2D eigenvalue weighted by Crippen LogP contribution is 2.45. The second-order valence-corrected chi connectivity index (χ2v) is 16.9. The van der Waals surface area contributed by atoms with E-state index >= 15 is 0 Å². The van der Waals surface area contributed by atoms with E-state index in [1.54, 1.807) is 91.0 Å². The summed E-state index contributed by atoms with van der Waals surface area (Å²) in [5.41, 5.74) is 1.58. The van der Waals surface area contributed by atoms with Crippen molar-refractivity contribution in [3.63, 3.8) is 0 Å². The lowest BCUT2D eigenvalue weighted by atomic mass is 10.1. The predicted octanol–water partition coefficient (Wildman–Crippen LogP) is 13.9. The molecule has 0 aromatic heterocycles. The van der Waals surface area contributed by atoms with Gasteiger partial charge in [0.2, 0.25) is 0 Å². The molecule has 9 aromatic rings. The molecule has 0 saturated heterocycles. The van der Waals surface area contributed by atoms with Crippen molar-refractivity contribution in [3.8, 4) is 11.5 Å². The number of hydrogen-bond acceptors (Lipinski definition) is 14. The van der Waals surface area contributed by atoms with Gasteiger partial charge in [0.1, 0.15) is 21.2 Å². The molecule has 0 radical (unpaired) electrons. The van der Waals surface area contributed by atoms with E-state index in [-0.39, 0.29) is 22.1 Å². The number of nitrogens with zero attached hydrogens (tertiary/aromatic N) is 8. The first-order valence-corrected chi connectivity index (χ1v) is 22.0. The molecular formula is C46H30N8O8S2. The van der Waals surface area contributed by atoms with Gasteiger partial charge in [0.25, 0.3) is 20.2 Å². The van der Waals surface area contributed by atoms with Crippen LogP contribution in [0.2, 0.25) is 0 Å². The summed E-state index contributed by atoms with van der Waals surface area (Å²) in [7, 11) is -9.75. The van der Waals surface area contributed by atoms with E-state index in [4.69, 9.17) is 0 Å². The van der Waals surface area contributed by atoms with E-state index in [2.05, 4.69) is 40.9 Å². The molecular weight excluding hydrogens is 857 g/mol. The van der Waals surface area contributed by atoms with Crippen LogP contribution in [0.25, 0.3) is 43.1 Å². The minimum Gasteiger partial charge on any atom is -0.505 e. The van der Waals surface area contributed by atoms with Crippen LogP contribution in [0.1, 0.15) is 0 Å². The lowest BCUT2D eigenvalue weighted by Crippen LogP contribution is -1.99. The van der Waals surface area contributed by atoms with Crippen molar-refractivity contribution in [1.82, 2.24) is 0 Å². The standard InChI is InChI=1S/C46H30N8O8S2/c55-45-31-13-5-4-10-27(31)25-41(63(57,58)59)43(45)53-51-40-23-21-38(34-15-7-9-17-36(34)40)50-48-30-18-19-32-28(24-30)26-42(64(60,61)62)44(46(32)56)54-52-39-22-20-37(33-14-6-8-16-35(33)39)49-47-29-11-2-1-3-12-29/h1-26,55-56H,(H,57,58,59)(H,60,61,62). The summed E-state index contributed by atoms with van der Waals surface area (Å²) in [4.78, 5) is -1.31. The minimum absolute atomic E-state index is 0.191. The molecule has 0 aliphatic heterocycles. The Hall–Kier alpha value is -8.16. The van der Waals surface area contributed by atoms with Crippen LogP contribution in [0.5, 0.6) is 11.5 Å². The van der Waals surface area contributed by atoms with Crippen molar-refractivity contribution in [1.29, 1.82) is 0 Å². The van der Waals surface area contributed by atoms with Gasteiger partial charge in [0.15, 0.2) is 11.5 Å². The molecule has 0 aliphatic rings. The lowest BCUT2D eigenvalue weighted by Gasteiger charge is -2.10. The summed E-state index contributed by atoms with van der Waals surface area (Å²) < 4.78 is 70.3. The van der Waals surface area contributed by atoms with Gasteiger partial charge in [-0.25, -0.2) is 0 Å². The van der Waals surface area contributed by atoms with Gasteiger partial charge in [-0.2, -0.15) is 27.1 Å². The van der Waals surface area contributed by atoms with Crippen LogP contribution in [-0.2, 0) is 20.2 Å². The van der Waals surface area contributed by atoms with E-state index in [1.807, 2.05) is 42.5 Å². The van der Waals surface area contributed by atoms with Gasteiger partial charge in [-0.1, -0.05) is 91.0 Å². The molecule has 0 atom stereocenters. The Morgan fingerprint density at radius 3 is 1.17 bits per heavy atom. The molecule has 0 unspecified atom stereocenters. The third kappa shape index (κ3) is 8.15. The average molecular weight is 887 g/mol. The molecule has 0 aliphatic carbocycles. The summed E-state index contributed by atoms with van der Waals surface area (Å²) in [5, 5.41) is 60.1. The number of rotatable bonds is 10. The summed E-state index contributed by atoms with van der Waals surface area (Å²) >= 11 is 0. The maximum atomic E-state index is 12.7. The maximum Gasteiger partial charge on any atom is 0.296 e. The number of phenolic OH excluding ortho intramolecular Hbond substituents is 2. The van der Waals surface area contributed by atoms with Gasteiger partial charge in [-0.05, 0) is 77.5 Å². The molecule has 18 heteroatoms. The van der Waals surface area contributed by atoms with Gasteiger partial charge in [-0.15, -0.1) is 30.7 Å². The highest BCUT2D eigenvalue weighted by molar-refractivity contribution is 7.86. The zero-order valence-corrected chi connectivity index (χ0v) is 34.5. The summed E-state index contributed by atoms with van der Waals surface area (Å²) in [6.45, 7) is 0. The Labute approximate surface area is 363 Å². The Bertz CT molecular complexity index is 3710. The second-order valence-electron chi connectivity index (χ2n) is 14.2. The molecule has 4 N–H and O–H groups in total. The van der Waals surface area contributed by atoms with Crippen LogP contribution in [-0.4, -0.2) is 36.2 Å². The molecule has 0 amide bonds. The summed E-state index contributed by atoms with van der Waals surface area (Å²) in [6.07, 6.45) is 0. The van der Waals surface area contributed by atoms with E-state index in [0.29, 0.717) is 55.1 Å². The quantitative estimate of drug-likeness (QED) is 0.0757. The number of aromatic hydroxyl groups is 2. The molecule has 0 fully saturated rings. The van der Waals surface area contributed by atoms with Crippen molar-refractivity contribution in [2.75, 3.05) is 0 Å². The van der Waals surface area contributed by atoms with Crippen LogP contribution in [0.3, 0.4) is 0 Å². The molecule has 16 nitrogen and oxygen atoms in total. The molecule has 9 rings (SSSR count). The maximum absolute atomic E-state index is 12.7. The van der Waals surface area contributed by atoms with Gasteiger partial charge in [-0.3, -0.25) is 9.11 Å². The van der Waals surface area contributed by atoms with Gasteiger partial charge < -0.3 is 10.2 Å². The second kappa shape index (κ2) is 16.6. The monoisotopic (exact) mass is 886 g/mol. The number of azo groups is 4. The Kier molecular flexibility index (Phi) is 10.7. The lowest BCUT2D eigenvalue weighted by molar-refractivity contribution is 0.471.